The fourth-order valence-corrected chi connectivity index (χ4v) is 3.49. The van der Waals surface area contributed by atoms with Crippen LogP contribution in [0, 0.1) is 6.92 Å². The molecule has 0 fully saturated rings. The first-order valence-corrected chi connectivity index (χ1v) is 10.8. The molecule has 0 aliphatic heterocycles. The number of nitrogens with zero attached hydrogens (tertiary/aromatic N) is 3. The molecule has 0 atom stereocenters. The van der Waals surface area contributed by atoms with Crippen LogP contribution < -0.4 is 14.8 Å². The molecule has 1 amide bonds. The number of anilines is 1. The lowest BCUT2D eigenvalue weighted by Crippen LogP contribution is -2.14. The minimum absolute atomic E-state index is 0.128. The average Bonchev–Trinajstić information content (AvgIpc) is 3.08. The summed E-state index contributed by atoms with van der Waals surface area (Å²) in [6.45, 7) is 4.73. The van der Waals surface area contributed by atoms with E-state index in [4.69, 9.17) is 21.1 Å². The van der Waals surface area contributed by atoms with Crippen LogP contribution in [0.1, 0.15) is 18.3 Å². The molecule has 3 aromatic rings. The van der Waals surface area contributed by atoms with Crippen molar-refractivity contribution in [1.82, 2.24) is 14.8 Å². The van der Waals surface area contributed by atoms with Crippen molar-refractivity contribution in [2.45, 2.75) is 25.6 Å². The number of benzene rings is 2. The zero-order valence-electron chi connectivity index (χ0n) is 17.0. The SMILES string of the molecule is CCOc1ccc(NC(=O)CSc2nnc(COc3cc(C)ccc3Cl)n2C)cc1. The van der Waals surface area contributed by atoms with Crippen molar-refractivity contribution in [2.24, 2.45) is 7.05 Å². The number of hydrogen-bond acceptors (Lipinski definition) is 6. The van der Waals surface area contributed by atoms with Gasteiger partial charge in [0.05, 0.1) is 17.4 Å². The Balaban J connectivity index is 1.52. The minimum Gasteiger partial charge on any atom is -0.494 e. The highest BCUT2D eigenvalue weighted by molar-refractivity contribution is 7.99. The number of aryl methyl sites for hydroxylation is 1. The summed E-state index contributed by atoms with van der Waals surface area (Å²) < 4.78 is 13.0. The van der Waals surface area contributed by atoms with Crippen LogP contribution in [0.15, 0.2) is 47.6 Å². The lowest BCUT2D eigenvalue weighted by Gasteiger charge is -2.09. The third-order valence-electron chi connectivity index (χ3n) is 4.15. The van der Waals surface area contributed by atoms with Crippen molar-refractivity contribution < 1.29 is 14.3 Å². The van der Waals surface area contributed by atoms with Gasteiger partial charge < -0.3 is 19.4 Å². The zero-order valence-corrected chi connectivity index (χ0v) is 18.6. The van der Waals surface area contributed by atoms with Gasteiger partial charge in [0.1, 0.15) is 18.1 Å². The fraction of sp³-hybridized carbons (Fsp3) is 0.286. The third kappa shape index (κ3) is 5.90. The van der Waals surface area contributed by atoms with Crippen LogP contribution in [0.5, 0.6) is 11.5 Å². The van der Waals surface area contributed by atoms with Crippen LogP contribution in [0.4, 0.5) is 5.69 Å². The zero-order chi connectivity index (χ0) is 21.5. The number of hydrogen-bond donors (Lipinski definition) is 1. The molecule has 2 aromatic carbocycles. The maximum atomic E-state index is 12.2. The van der Waals surface area contributed by atoms with Crippen LogP contribution in [-0.2, 0) is 18.4 Å². The largest absolute Gasteiger partial charge is 0.494 e. The Morgan fingerprint density at radius 2 is 1.93 bits per heavy atom. The van der Waals surface area contributed by atoms with Gasteiger partial charge in [0.2, 0.25) is 5.91 Å². The van der Waals surface area contributed by atoms with Gasteiger partial charge in [-0.3, -0.25) is 4.79 Å². The number of carbonyl (C=O) groups excluding carboxylic acids is 1. The molecule has 0 bridgehead atoms. The van der Waals surface area contributed by atoms with Crippen LogP contribution in [0.2, 0.25) is 5.02 Å². The number of thioether (sulfide) groups is 1. The molecule has 0 aliphatic rings. The highest BCUT2D eigenvalue weighted by atomic mass is 35.5. The van der Waals surface area contributed by atoms with Gasteiger partial charge in [0, 0.05) is 12.7 Å². The van der Waals surface area contributed by atoms with Crippen LogP contribution in [-0.4, -0.2) is 33.0 Å². The van der Waals surface area contributed by atoms with E-state index in [9.17, 15) is 4.79 Å². The topological polar surface area (TPSA) is 78.3 Å². The van der Waals surface area contributed by atoms with Crippen molar-refractivity contribution in [2.75, 3.05) is 17.7 Å². The Morgan fingerprint density at radius 3 is 2.67 bits per heavy atom. The predicted molar refractivity (Wildman–Crippen MR) is 118 cm³/mol. The van der Waals surface area contributed by atoms with Crippen molar-refractivity contribution in [3.8, 4) is 11.5 Å². The van der Waals surface area contributed by atoms with Gasteiger partial charge in [-0.2, -0.15) is 0 Å². The number of halogens is 1. The normalized spacial score (nSPS) is 10.7. The van der Waals surface area contributed by atoms with Crippen molar-refractivity contribution >= 4 is 35.0 Å². The van der Waals surface area contributed by atoms with Gasteiger partial charge >= 0.3 is 0 Å². The molecule has 0 saturated heterocycles. The van der Waals surface area contributed by atoms with E-state index < -0.39 is 0 Å². The number of amides is 1. The second kappa shape index (κ2) is 10.4. The van der Waals surface area contributed by atoms with Gasteiger partial charge in [-0.05, 0) is 55.8 Å². The maximum absolute atomic E-state index is 12.2. The van der Waals surface area contributed by atoms with E-state index in [1.54, 1.807) is 10.6 Å². The van der Waals surface area contributed by atoms with Crippen molar-refractivity contribution in [3.05, 3.63) is 58.9 Å². The smallest absolute Gasteiger partial charge is 0.234 e. The van der Waals surface area contributed by atoms with Gasteiger partial charge in [-0.25, -0.2) is 0 Å². The highest BCUT2D eigenvalue weighted by Gasteiger charge is 2.13. The van der Waals surface area contributed by atoms with E-state index in [0.29, 0.717) is 34.0 Å². The highest BCUT2D eigenvalue weighted by Crippen LogP contribution is 2.26. The second-order valence-corrected chi connectivity index (χ2v) is 7.82. The van der Waals surface area contributed by atoms with Crippen LogP contribution in [0.3, 0.4) is 0 Å². The maximum Gasteiger partial charge on any atom is 0.234 e. The molecule has 9 heteroatoms. The molecular weight excluding hydrogens is 424 g/mol. The Bertz CT molecular complexity index is 1010. The molecule has 0 unspecified atom stereocenters. The molecule has 1 N–H and O–H groups in total. The van der Waals surface area contributed by atoms with Crippen molar-refractivity contribution in [3.63, 3.8) is 0 Å². The van der Waals surface area contributed by atoms with E-state index in [-0.39, 0.29) is 18.3 Å². The molecule has 30 heavy (non-hydrogen) atoms. The Morgan fingerprint density at radius 1 is 1.17 bits per heavy atom. The number of carbonyl (C=O) groups is 1. The van der Waals surface area contributed by atoms with Crippen LogP contribution >= 0.6 is 23.4 Å². The fourth-order valence-electron chi connectivity index (χ4n) is 2.59. The Hall–Kier alpha value is -2.71. The molecule has 1 heterocycles. The van der Waals surface area contributed by atoms with E-state index >= 15 is 0 Å². The summed E-state index contributed by atoms with van der Waals surface area (Å²) in [7, 11) is 1.84. The molecule has 1 aromatic heterocycles. The predicted octanol–water partition coefficient (Wildman–Crippen LogP) is 4.49. The van der Waals surface area contributed by atoms with Crippen molar-refractivity contribution in [1.29, 1.82) is 0 Å². The number of rotatable bonds is 9. The first-order chi connectivity index (χ1) is 14.5. The summed E-state index contributed by atoms with van der Waals surface area (Å²) in [4.78, 5) is 12.2. The first kappa shape index (κ1) is 22.0. The second-order valence-electron chi connectivity index (χ2n) is 6.47. The van der Waals surface area contributed by atoms with E-state index in [1.807, 2.05) is 57.3 Å². The lowest BCUT2D eigenvalue weighted by molar-refractivity contribution is -0.113. The molecular formula is C21H23ClN4O3S. The van der Waals surface area contributed by atoms with Crippen LogP contribution in [0.25, 0.3) is 0 Å². The molecule has 7 nitrogen and oxygen atoms in total. The van der Waals surface area contributed by atoms with Gasteiger partial charge in [0.15, 0.2) is 11.0 Å². The molecule has 0 aliphatic carbocycles. The summed E-state index contributed by atoms with van der Waals surface area (Å²) in [5, 5.41) is 12.3. The number of aromatic nitrogens is 3. The third-order valence-corrected chi connectivity index (χ3v) is 5.48. The van der Waals surface area contributed by atoms with Gasteiger partial charge in [-0.15, -0.1) is 10.2 Å². The average molecular weight is 447 g/mol. The standard InChI is InChI=1S/C21H23ClN4O3S/c1-4-28-16-8-6-15(7-9-16)23-20(27)13-30-21-25-24-19(26(21)3)12-29-18-11-14(2)5-10-17(18)22/h5-11H,4,12-13H2,1-3H3,(H,23,27). The van der Waals surface area contributed by atoms with E-state index in [0.717, 1.165) is 11.3 Å². The molecule has 158 valence electrons. The molecule has 0 spiro atoms. The monoisotopic (exact) mass is 446 g/mol. The first-order valence-electron chi connectivity index (χ1n) is 9.39. The minimum atomic E-state index is -0.128. The lowest BCUT2D eigenvalue weighted by atomic mass is 10.2. The van der Waals surface area contributed by atoms with E-state index in [1.165, 1.54) is 11.8 Å². The quantitative estimate of drug-likeness (QED) is 0.488. The number of ether oxygens (including phenoxy) is 2. The van der Waals surface area contributed by atoms with Gasteiger partial charge in [0.25, 0.3) is 0 Å². The molecule has 3 rings (SSSR count). The van der Waals surface area contributed by atoms with E-state index in [2.05, 4.69) is 15.5 Å². The number of nitrogens with one attached hydrogen (secondary N) is 1. The Labute approximate surface area is 184 Å². The Kier molecular flexibility index (Phi) is 7.59. The summed E-state index contributed by atoms with van der Waals surface area (Å²) in [5.74, 6) is 2.09. The summed E-state index contributed by atoms with van der Waals surface area (Å²) in [6, 6.07) is 12.9. The summed E-state index contributed by atoms with van der Waals surface area (Å²) in [6.07, 6.45) is 0. The van der Waals surface area contributed by atoms with Gasteiger partial charge in [-0.1, -0.05) is 29.4 Å². The summed E-state index contributed by atoms with van der Waals surface area (Å²) in [5.41, 5.74) is 1.77. The molecule has 0 radical (unpaired) electrons. The molecule has 0 saturated carbocycles. The summed E-state index contributed by atoms with van der Waals surface area (Å²) >= 11 is 7.46.